The van der Waals surface area contributed by atoms with E-state index in [0.717, 1.165) is 29.2 Å². The molecule has 3 aromatic carbocycles. The normalized spacial score (nSPS) is 13.1. The van der Waals surface area contributed by atoms with Gasteiger partial charge in [0.1, 0.15) is 23.9 Å². The average molecular weight is 569 g/mol. The summed E-state index contributed by atoms with van der Waals surface area (Å²) >= 11 is 0. The van der Waals surface area contributed by atoms with Crippen LogP contribution in [0.4, 0.5) is 45.2 Å². The monoisotopic (exact) mass is 569 g/mol. The Kier molecular flexibility index (Phi) is 9.10. The second-order valence-corrected chi connectivity index (χ2v) is 8.11. The highest BCUT2D eigenvalue weighted by Crippen LogP contribution is 2.30. The quantitative estimate of drug-likeness (QED) is 0.267. The van der Waals surface area contributed by atoms with Gasteiger partial charge in [-0.05, 0) is 47.5 Å². The molecule has 1 N–H and O–H groups in total. The van der Waals surface area contributed by atoms with Crippen molar-refractivity contribution in [2.75, 3.05) is 11.4 Å². The van der Waals surface area contributed by atoms with Crippen LogP contribution in [0.1, 0.15) is 11.1 Å². The van der Waals surface area contributed by atoms with Crippen LogP contribution in [0, 0.1) is 0 Å². The number of benzene rings is 3. The summed E-state index contributed by atoms with van der Waals surface area (Å²) in [5, 5.41) is 9.67. The molecule has 0 bridgehead atoms. The highest BCUT2D eigenvalue weighted by atomic mass is 19.4. The zero-order valence-corrected chi connectivity index (χ0v) is 19.6. The van der Waals surface area contributed by atoms with Crippen LogP contribution in [0.3, 0.4) is 0 Å². The molecule has 0 unspecified atom stereocenters. The highest BCUT2D eigenvalue weighted by molar-refractivity contribution is 5.52. The Hall–Kier alpha value is -3.81. The van der Waals surface area contributed by atoms with E-state index in [1.54, 1.807) is 0 Å². The number of aliphatic hydroxyl groups excluding tert-OH is 1. The summed E-state index contributed by atoms with van der Waals surface area (Å²) in [5.41, 5.74) is 0.569. The summed E-state index contributed by atoms with van der Waals surface area (Å²) in [6.07, 6.45) is -17.6. The summed E-state index contributed by atoms with van der Waals surface area (Å²) < 4.78 is 128. The van der Waals surface area contributed by atoms with E-state index >= 15 is 0 Å². The van der Waals surface area contributed by atoms with Crippen LogP contribution in [0.5, 0.6) is 17.2 Å². The number of anilines is 1. The molecule has 0 aliphatic rings. The van der Waals surface area contributed by atoms with E-state index in [9.17, 15) is 44.6 Å². The molecular weight excluding hydrogens is 549 g/mol. The van der Waals surface area contributed by atoms with Gasteiger partial charge < -0.3 is 24.2 Å². The number of hydrogen-bond acceptors (Lipinski definition) is 5. The van der Waals surface area contributed by atoms with E-state index in [-0.39, 0.29) is 30.2 Å². The number of ether oxygens (including phenoxy) is 3. The van der Waals surface area contributed by atoms with Crippen LogP contribution >= 0.6 is 0 Å². The van der Waals surface area contributed by atoms with Gasteiger partial charge in [-0.25, -0.2) is 0 Å². The van der Waals surface area contributed by atoms with Crippen molar-refractivity contribution in [1.29, 1.82) is 0 Å². The number of halogens is 9. The van der Waals surface area contributed by atoms with Gasteiger partial charge >= 0.3 is 18.9 Å². The third-order valence-electron chi connectivity index (χ3n) is 5.00. The Morgan fingerprint density at radius 3 is 1.74 bits per heavy atom. The molecule has 0 amide bonds. The summed E-state index contributed by atoms with van der Waals surface area (Å²) in [6.45, 7) is -1.53. The van der Waals surface area contributed by atoms with Gasteiger partial charge in [-0.2, -0.15) is 13.2 Å². The lowest BCUT2D eigenvalue weighted by molar-refractivity contribution is -0.275. The Morgan fingerprint density at radius 2 is 1.18 bits per heavy atom. The van der Waals surface area contributed by atoms with Crippen LogP contribution in [-0.4, -0.2) is 36.7 Å². The smallest absolute Gasteiger partial charge is 0.489 e. The fourth-order valence-electron chi connectivity index (χ4n) is 3.40. The van der Waals surface area contributed by atoms with Crippen LogP contribution in [-0.2, 0) is 13.2 Å². The molecule has 0 aromatic heterocycles. The largest absolute Gasteiger partial charge is 0.573 e. The summed E-state index contributed by atoms with van der Waals surface area (Å²) in [4.78, 5) is 1.08. The average Bonchev–Trinajstić information content (AvgIpc) is 2.80. The van der Waals surface area contributed by atoms with Crippen molar-refractivity contribution in [2.24, 2.45) is 0 Å². The van der Waals surface area contributed by atoms with Crippen molar-refractivity contribution in [3.8, 4) is 17.2 Å². The Bertz CT molecular complexity index is 1230. The molecule has 0 spiro atoms. The van der Waals surface area contributed by atoms with Crippen molar-refractivity contribution in [3.63, 3.8) is 0 Å². The Labute approximate surface area is 215 Å². The molecule has 1 atom stereocenters. The van der Waals surface area contributed by atoms with Gasteiger partial charge in [0.05, 0.1) is 6.54 Å². The summed E-state index contributed by atoms with van der Waals surface area (Å²) in [7, 11) is 0. The van der Waals surface area contributed by atoms with Crippen molar-refractivity contribution in [2.45, 2.75) is 38.2 Å². The van der Waals surface area contributed by atoms with Crippen LogP contribution in [0.15, 0.2) is 72.8 Å². The van der Waals surface area contributed by atoms with Crippen LogP contribution < -0.4 is 19.1 Å². The molecule has 14 heteroatoms. The lowest BCUT2D eigenvalue weighted by atomic mass is 10.1. The zero-order chi connectivity index (χ0) is 28.8. The molecule has 3 aromatic rings. The lowest BCUT2D eigenvalue weighted by Crippen LogP contribution is -2.40. The van der Waals surface area contributed by atoms with Gasteiger partial charge in [-0.15, -0.1) is 26.3 Å². The molecule has 0 fully saturated rings. The molecule has 0 aliphatic heterocycles. The molecule has 0 aliphatic carbocycles. The van der Waals surface area contributed by atoms with Gasteiger partial charge in [0.25, 0.3) is 0 Å². The highest BCUT2D eigenvalue weighted by Gasteiger charge is 2.39. The topological polar surface area (TPSA) is 51.2 Å². The van der Waals surface area contributed by atoms with E-state index in [2.05, 4.69) is 9.47 Å². The fourth-order valence-corrected chi connectivity index (χ4v) is 3.40. The van der Waals surface area contributed by atoms with Gasteiger partial charge in [0, 0.05) is 18.3 Å². The first-order valence-corrected chi connectivity index (χ1v) is 11.0. The van der Waals surface area contributed by atoms with E-state index in [4.69, 9.17) is 4.74 Å². The van der Waals surface area contributed by atoms with E-state index in [1.165, 1.54) is 48.5 Å². The fraction of sp³-hybridized carbons (Fsp3) is 0.280. The van der Waals surface area contributed by atoms with Gasteiger partial charge in [0.2, 0.25) is 0 Å². The van der Waals surface area contributed by atoms with Crippen LogP contribution in [0.25, 0.3) is 0 Å². The summed E-state index contributed by atoms with van der Waals surface area (Å²) in [5.74, 6) is -0.929. The maximum Gasteiger partial charge on any atom is 0.573 e. The molecule has 3 rings (SSSR count). The maximum atomic E-state index is 13.1. The number of hydrogen-bond donors (Lipinski definition) is 1. The lowest BCUT2D eigenvalue weighted by Gasteiger charge is -2.29. The zero-order valence-electron chi connectivity index (χ0n) is 19.6. The number of nitrogens with zero attached hydrogens (tertiary/aromatic N) is 1. The minimum Gasteiger partial charge on any atom is -0.489 e. The van der Waals surface area contributed by atoms with Crippen molar-refractivity contribution >= 4 is 5.69 Å². The van der Waals surface area contributed by atoms with Crippen molar-refractivity contribution in [3.05, 3.63) is 83.9 Å². The predicted molar refractivity (Wildman–Crippen MR) is 120 cm³/mol. The summed E-state index contributed by atoms with van der Waals surface area (Å²) in [6, 6.07) is 15.2. The third kappa shape index (κ3) is 10.1. The van der Waals surface area contributed by atoms with Crippen LogP contribution in [0.2, 0.25) is 0 Å². The first-order valence-electron chi connectivity index (χ1n) is 11.0. The molecule has 39 heavy (non-hydrogen) atoms. The standard InChI is InChI=1S/C25H20F9NO4/c26-23(27,28)22(36)14-35(13-16-4-1-8-20(10-16)38-24(29,30)31)18-6-3-7-19(12-18)37-15-17-5-2-9-21(11-17)39-25(32,33)34/h1-12,22,36H,13-15H2/t22-/m1/s1. The second-order valence-electron chi connectivity index (χ2n) is 8.11. The number of aliphatic hydroxyl groups is 1. The SMILES string of the molecule is O[C@H](CN(Cc1cccc(OC(F)(F)F)c1)c1cccc(OCc2cccc(OC(F)(F)F)c2)c1)C(F)(F)F. The molecule has 0 saturated heterocycles. The Balaban J connectivity index is 1.80. The number of alkyl halides is 9. The first-order chi connectivity index (χ1) is 18.1. The van der Waals surface area contributed by atoms with E-state index < -0.39 is 43.0 Å². The van der Waals surface area contributed by atoms with E-state index in [0.29, 0.717) is 5.56 Å². The van der Waals surface area contributed by atoms with Gasteiger partial charge in [-0.1, -0.05) is 30.3 Å². The van der Waals surface area contributed by atoms with E-state index in [1.807, 2.05) is 0 Å². The molecule has 5 nitrogen and oxygen atoms in total. The molecular formula is C25H20F9NO4. The minimum absolute atomic E-state index is 0.118. The van der Waals surface area contributed by atoms with Crippen molar-refractivity contribution in [1.82, 2.24) is 0 Å². The first kappa shape index (κ1) is 29.7. The second kappa shape index (κ2) is 11.9. The van der Waals surface area contributed by atoms with Crippen molar-refractivity contribution < 1.29 is 58.8 Å². The predicted octanol–water partition coefficient (Wildman–Crippen LogP) is 6.99. The number of rotatable bonds is 10. The maximum absolute atomic E-state index is 13.1. The molecule has 0 heterocycles. The third-order valence-corrected chi connectivity index (χ3v) is 5.00. The molecule has 0 saturated carbocycles. The van der Waals surface area contributed by atoms with Gasteiger partial charge in [0.15, 0.2) is 6.10 Å². The van der Waals surface area contributed by atoms with Gasteiger partial charge in [-0.3, -0.25) is 0 Å². The molecule has 212 valence electrons. The minimum atomic E-state index is -4.98. The molecule has 0 radical (unpaired) electrons. The Morgan fingerprint density at radius 1 is 0.667 bits per heavy atom.